The Morgan fingerprint density at radius 2 is 1.87 bits per heavy atom. The molecule has 2 aliphatic heterocycles. The molecule has 1 aromatic heterocycles. The zero-order valence-electron chi connectivity index (χ0n) is 22.6. The van der Waals surface area contributed by atoms with E-state index in [1.807, 2.05) is 35.2 Å². The summed E-state index contributed by atoms with van der Waals surface area (Å²) in [6.45, 7) is 3.85. The molecule has 0 radical (unpaired) electrons. The van der Waals surface area contributed by atoms with Gasteiger partial charge in [0.05, 0.1) is 26.5 Å². The fourth-order valence-electron chi connectivity index (χ4n) is 5.74. The molecule has 0 bridgehead atoms. The van der Waals surface area contributed by atoms with Crippen LogP contribution in [0.5, 0.6) is 11.5 Å². The van der Waals surface area contributed by atoms with Crippen molar-refractivity contribution in [2.45, 2.75) is 38.8 Å². The van der Waals surface area contributed by atoms with E-state index in [0.717, 1.165) is 67.4 Å². The van der Waals surface area contributed by atoms with Gasteiger partial charge >= 0.3 is 0 Å². The van der Waals surface area contributed by atoms with Crippen molar-refractivity contribution in [1.82, 2.24) is 15.4 Å². The molecule has 8 heteroatoms. The van der Waals surface area contributed by atoms with E-state index in [2.05, 4.69) is 40.6 Å². The smallest absolute Gasteiger partial charge is 0.223 e. The Morgan fingerprint density at radius 1 is 1.11 bits per heavy atom. The molecular weight excluding hydrogens is 480 g/mol. The number of benzene rings is 2. The minimum Gasteiger partial charge on any atom is -0.493 e. The Hall–Kier alpha value is -3.52. The monoisotopic (exact) mass is 518 g/mol. The van der Waals surface area contributed by atoms with Gasteiger partial charge < -0.3 is 29.1 Å². The number of hydrogen-bond acceptors (Lipinski definition) is 7. The first kappa shape index (κ1) is 26.1. The predicted molar refractivity (Wildman–Crippen MR) is 147 cm³/mol. The van der Waals surface area contributed by atoms with E-state index in [1.165, 1.54) is 5.56 Å². The van der Waals surface area contributed by atoms with Crippen LogP contribution in [-0.4, -0.2) is 56.9 Å². The Bertz CT molecular complexity index is 1230. The van der Waals surface area contributed by atoms with Crippen LogP contribution in [-0.2, 0) is 30.7 Å². The Labute approximate surface area is 224 Å². The molecule has 2 aromatic carbocycles. The lowest BCUT2D eigenvalue weighted by atomic mass is 9.80. The second-order valence-corrected chi connectivity index (χ2v) is 10.4. The minimum absolute atomic E-state index is 0.229. The van der Waals surface area contributed by atoms with Crippen LogP contribution < -0.4 is 19.7 Å². The lowest BCUT2D eigenvalue weighted by molar-refractivity contribution is -0.133. The number of nitrogens with zero attached hydrogens (tertiary/aromatic N) is 3. The molecule has 1 saturated heterocycles. The maximum Gasteiger partial charge on any atom is 0.223 e. The highest BCUT2D eigenvalue weighted by molar-refractivity contribution is 5.77. The number of amides is 1. The Kier molecular flexibility index (Phi) is 8.17. The van der Waals surface area contributed by atoms with Gasteiger partial charge in [0.1, 0.15) is 0 Å². The maximum absolute atomic E-state index is 13.4. The number of carbonyl (C=O) groups excluding carboxylic acids is 1. The molecule has 1 N–H and O–H groups in total. The fourth-order valence-corrected chi connectivity index (χ4v) is 5.74. The number of aromatic nitrogens is 1. The summed E-state index contributed by atoms with van der Waals surface area (Å²) in [4.78, 5) is 17.6. The maximum atomic E-state index is 13.4. The zero-order chi connectivity index (χ0) is 26.5. The van der Waals surface area contributed by atoms with E-state index in [-0.39, 0.29) is 5.91 Å². The SMILES string of the molecule is COc1cc2c(cc1OC)CN(C(=O)CC1CCNCC1Cc1cc(CN(C)c3ccccc3)on1)CC2. The molecule has 2 aliphatic rings. The van der Waals surface area contributed by atoms with Gasteiger partial charge in [0.2, 0.25) is 5.91 Å². The summed E-state index contributed by atoms with van der Waals surface area (Å²) in [5.74, 6) is 3.20. The van der Waals surface area contributed by atoms with Gasteiger partial charge in [-0.05, 0) is 79.6 Å². The van der Waals surface area contributed by atoms with Gasteiger partial charge in [0.25, 0.3) is 0 Å². The number of ether oxygens (including phenoxy) is 2. The third-order valence-electron chi connectivity index (χ3n) is 7.94. The first-order valence-corrected chi connectivity index (χ1v) is 13.5. The number of rotatable bonds is 9. The van der Waals surface area contributed by atoms with Gasteiger partial charge in [0.15, 0.2) is 17.3 Å². The molecule has 5 rings (SSSR count). The molecule has 2 atom stereocenters. The van der Waals surface area contributed by atoms with Crippen molar-refractivity contribution in [3.8, 4) is 11.5 Å². The van der Waals surface area contributed by atoms with Crippen LogP contribution in [0.2, 0.25) is 0 Å². The van der Waals surface area contributed by atoms with Crippen molar-refractivity contribution in [2.75, 3.05) is 45.8 Å². The normalized spacial score (nSPS) is 19.1. The van der Waals surface area contributed by atoms with Crippen LogP contribution in [0.15, 0.2) is 53.1 Å². The summed E-state index contributed by atoms with van der Waals surface area (Å²) in [5.41, 5.74) is 4.46. The van der Waals surface area contributed by atoms with Crippen LogP contribution in [0.25, 0.3) is 0 Å². The average molecular weight is 519 g/mol. The predicted octanol–water partition coefficient (Wildman–Crippen LogP) is 4.07. The van der Waals surface area contributed by atoms with Gasteiger partial charge in [0, 0.05) is 38.3 Å². The third kappa shape index (κ3) is 5.96. The van der Waals surface area contributed by atoms with E-state index >= 15 is 0 Å². The second kappa shape index (κ2) is 11.9. The van der Waals surface area contributed by atoms with Crippen molar-refractivity contribution in [3.63, 3.8) is 0 Å². The lowest BCUT2D eigenvalue weighted by Crippen LogP contribution is -2.42. The summed E-state index contributed by atoms with van der Waals surface area (Å²) in [6.07, 6.45) is 3.20. The minimum atomic E-state index is 0.229. The molecule has 1 fully saturated rings. The number of nitrogens with one attached hydrogen (secondary N) is 1. The van der Waals surface area contributed by atoms with Crippen LogP contribution in [0.4, 0.5) is 5.69 Å². The topological polar surface area (TPSA) is 80.1 Å². The van der Waals surface area contributed by atoms with Gasteiger partial charge in [-0.25, -0.2) is 0 Å². The highest BCUT2D eigenvalue weighted by Crippen LogP contribution is 2.34. The summed E-state index contributed by atoms with van der Waals surface area (Å²) >= 11 is 0. The molecular formula is C30H38N4O4. The number of hydrogen-bond donors (Lipinski definition) is 1. The Balaban J connectivity index is 1.19. The third-order valence-corrected chi connectivity index (χ3v) is 7.94. The molecule has 38 heavy (non-hydrogen) atoms. The van der Waals surface area contributed by atoms with Crippen LogP contribution in [0, 0.1) is 11.8 Å². The number of fused-ring (bicyclic) bond motifs is 1. The summed E-state index contributed by atoms with van der Waals surface area (Å²) in [7, 11) is 5.35. The molecule has 3 heterocycles. The van der Waals surface area contributed by atoms with Gasteiger partial charge in [-0.1, -0.05) is 23.4 Å². The number of piperidine rings is 1. The molecule has 0 spiro atoms. The quantitative estimate of drug-likeness (QED) is 0.457. The first-order chi connectivity index (χ1) is 18.5. The fraction of sp³-hybridized carbons (Fsp3) is 0.467. The van der Waals surface area contributed by atoms with Crippen molar-refractivity contribution < 1.29 is 18.8 Å². The van der Waals surface area contributed by atoms with E-state index in [1.54, 1.807) is 14.2 Å². The first-order valence-electron chi connectivity index (χ1n) is 13.5. The summed E-state index contributed by atoms with van der Waals surface area (Å²) < 4.78 is 16.6. The van der Waals surface area contributed by atoms with Crippen LogP contribution in [0.1, 0.15) is 35.4 Å². The van der Waals surface area contributed by atoms with Gasteiger partial charge in [-0.2, -0.15) is 0 Å². The van der Waals surface area contributed by atoms with Crippen molar-refractivity contribution in [3.05, 3.63) is 71.1 Å². The number of para-hydroxylation sites is 1. The van der Waals surface area contributed by atoms with E-state index in [0.29, 0.717) is 37.1 Å². The van der Waals surface area contributed by atoms with Crippen LogP contribution in [0.3, 0.4) is 0 Å². The van der Waals surface area contributed by atoms with E-state index in [4.69, 9.17) is 14.0 Å². The summed E-state index contributed by atoms with van der Waals surface area (Å²) in [5, 5.41) is 7.89. The molecule has 8 nitrogen and oxygen atoms in total. The molecule has 1 amide bonds. The van der Waals surface area contributed by atoms with Crippen LogP contribution >= 0.6 is 0 Å². The van der Waals surface area contributed by atoms with E-state index < -0.39 is 0 Å². The number of anilines is 1. The molecule has 0 aliphatic carbocycles. The second-order valence-electron chi connectivity index (χ2n) is 10.4. The Morgan fingerprint density at radius 3 is 2.63 bits per heavy atom. The van der Waals surface area contributed by atoms with Crippen molar-refractivity contribution >= 4 is 11.6 Å². The van der Waals surface area contributed by atoms with E-state index in [9.17, 15) is 4.79 Å². The standard InChI is InChI=1S/C30H38N4O4/c1-33(26-7-5-4-6-8-26)20-27-17-25(32-38-27)13-23-18-31-11-9-21(23)16-30(35)34-12-10-22-14-28(36-2)29(37-3)15-24(22)19-34/h4-8,14-15,17,21,23,31H,9-13,16,18-20H2,1-3H3. The van der Waals surface area contributed by atoms with Gasteiger partial charge in [-0.15, -0.1) is 0 Å². The lowest BCUT2D eigenvalue weighted by Gasteiger charge is -2.35. The van der Waals surface area contributed by atoms with Crippen molar-refractivity contribution in [1.29, 1.82) is 0 Å². The average Bonchev–Trinajstić information content (AvgIpc) is 3.39. The molecule has 202 valence electrons. The molecule has 3 aromatic rings. The summed E-state index contributed by atoms with van der Waals surface area (Å²) in [6, 6.07) is 16.4. The number of carbonyl (C=O) groups is 1. The highest BCUT2D eigenvalue weighted by Gasteiger charge is 2.31. The molecule has 0 saturated carbocycles. The highest BCUT2D eigenvalue weighted by atomic mass is 16.5. The largest absolute Gasteiger partial charge is 0.493 e. The molecule has 2 unspecified atom stereocenters. The zero-order valence-corrected chi connectivity index (χ0v) is 22.6. The van der Waals surface area contributed by atoms with Gasteiger partial charge in [-0.3, -0.25) is 4.79 Å². The number of methoxy groups -OCH3 is 2. The van der Waals surface area contributed by atoms with Crippen molar-refractivity contribution in [2.24, 2.45) is 11.8 Å².